The molecule has 17 heavy (non-hydrogen) atoms. The zero-order chi connectivity index (χ0) is 12.8. The van der Waals surface area contributed by atoms with E-state index >= 15 is 0 Å². The summed E-state index contributed by atoms with van der Waals surface area (Å²) in [6.07, 6.45) is 0.409. The number of nitrogen functional groups attached to an aromatic ring is 1. The summed E-state index contributed by atoms with van der Waals surface area (Å²) in [7, 11) is 0. The van der Waals surface area contributed by atoms with Gasteiger partial charge < -0.3 is 10.5 Å². The Morgan fingerprint density at radius 2 is 2.24 bits per heavy atom. The SMILES string of the molecule is CCOC(=O)CC(C)Sc1ccc(C)cc1N. The van der Waals surface area contributed by atoms with Crippen molar-refractivity contribution in [2.45, 2.75) is 37.3 Å². The third-order valence-electron chi connectivity index (χ3n) is 2.25. The van der Waals surface area contributed by atoms with Crippen LogP contribution in [0.2, 0.25) is 0 Å². The molecule has 1 aromatic carbocycles. The van der Waals surface area contributed by atoms with Crippen molar-refractivity contribution in [3.05, 3.63) is 23.8 Å². The molecule has 0 aliphatic heterocycles. The molecule has 1 aromatic rings. The second-order valence-electron chi connectivity index (χ2n) is 3.98. The van der Waals surface area contributed by atoms with E-state index in [2.05, 4.69) is 0 Å². The van der Waals surface area contributed by atoms with E-state index in [4.69, 9.17) is 10.5 Å². The summed E-state index contributed by atoms with van der Waals surface area (Å²) in [5.74, 6) is -0.154. The monoisotopic (exact) mass is 253 g/mol. The Bertz CT molecular complexity index is 393. The highest BCUT2D eigenvalue weighted by Gasteiger charge is 2.12. The average molecular weight is 253 g/mol. The number of aryl methyl sites for hydroxylation is 1. The van der Waals surface area contributed by atoms with Gasteiger partial charge in [-0.2, -0.15) is 0 Å². The van der Waals surface area contributed by atoms with Gasteiger partial charge in [-0.3, -0.25) is 4.79 Å². The number of carbonyl (C=O) groups is 1. The van der Waals surface area contributed by atoms with Gasteiger partial charge in [0.05, 0.1) is 13.0 Å². The molecule has 0 spiro atoms. The zero-order valence-electron chi connectivity index (χ0n) is 10.5. The van der Waals surface area contributed by atoms with Gasteiger partial charge in [-0.1, -0.05) is 13.0 Å². The second-order valence-corrected chi connectivity index (χ2v) is 5.46. The summed E-state index contributed by atoms with van der Waals surface area (Å²) >= 11 is 1.61. The maximum absolute atomic E-state index is 11.3. The third-order valence-corrected chi connectivity index (χ3v) is 3.45. The molecule has 0 aliphatic rings. The number of hydrogen-bond donors (Lipinski definition) is 1. The Balaban J connectivity index is 2.55. The number of benzene rings is 1. The van der Waals surface area contributed by atoms with Crippen LogP contribution in [0.25, 0.3) is 0 Å². The molecule has 0 aromatic heterocycles. The fraction of sp³-hybridized carbons (Fsp3) is 0.462. The highest BCUT2D eigenvalue weighted by Crippen LogP contribution is 2.30. The minimum atomic E-state index is -0.154. The van der Waals surface area contributed by atoms with E-state index in [1.54, 1.807) is 11.8 Å². The summed E-state index contributed by atoms with van der Waals surface area (Å²) < 4.78 is 4.92. The van der Waals surface area contributed by atoms with E-state index < -0.39 is 0 Å². The van der Waals surface area contributed by atoms with Gasteiger partial charge in [0.25, 0.3) is 0 Å². The number of anilines is 1. The van der Waals surface area contributed by atoms with Gasteiger partial charge in [-0.15, -0.1) is 11.8 Å². The molecule has 0 fully saturated rings. The molecular formula is C13H19NO2S. The van der Waals surface area contributed by atoms with Gasteiger partial charge in [0, 0.05) is 15.8 Å². The lowest BCUT2D eigenvalue weighted by molar-refractivity contribution is -0.142. The fourth-order valence-corrected chi connectivity index (χ4v) is 2.48. The lowest BCUT2D eigenvalue weighted by Gasteiger charge is -2.12. The Morgan fingerprint density at radius 3 is 2.82 bits per heavy atom. The van der Waals surface area contributed by atoms with E-state index in [0.29, 0.717) is 13.0 Å². The van der Waals surface area contributed by atoms with Gasteiger partial charge in [0.15, 0.2) is 0 Å². The van der Waals surface area contributed by atoms with Crippen molar-refractivity contribution in [3.63, 3.8) is 0 Å². The third kappa shape index (κ3) is 4.69. The molecule has 0 saturated heterocycles. The summed E-state index contributed by atoms with van der Waals surface area (Å²) in [6.45, 7) is 6.25. The zero-order valence-corrected chi connectivity index (χ0v) is 11.3. The lowest BCUT2D eigenvalue weighted by atomic mass is 10.2. The predicted octanol–water partition coefficient (Wildman–Crippen LogP) is 3.01. The topological polar surface area (TPSA) is 52.3 Å². The van der Waals surface area contributed by atoms with Crippen molar-refractivity contribution in [2.24, 2.45) is 0 Å². The molecule has 1 atom stereocenters. The van der Waals surface area contributed by atoms with Crippen LogP contribution >= 0.6 is 11.8 Å². The van der Waals surface area contributed by atoms with Crippen LogP contribution in [0, 0.1) is 6.92 Å². The van der Waals surface area contributed by atoms with Crippen LogP contribution in [0.15, 0.2) is 23.1 Å². The number of carbonyl (C=O) groups excluding carboxylic acids is 1. The molecule has 0 aliphatic carbocycles. The lowest BCUT2D eigenvalue weighted by Crippen LogP contribution is -2.10. The molecule has 0 radical (unpaired) electrons. The van der Waals surface area contributed by atoms with Gasteiger partial charge >= 0.3 is 5.97 Å². The van der Waals surface area contributed by atoms with E-state index in [9.17, 15) is 4.79 Å². The number of esters is 1. The first-order valence-corrected chi connectivity index (χ1v) is 6.59. The van der Waals surface area contributed by atoms with Crippen molar-refractivity contribution >= 4 is 23.4 Å². The van der Waals surface area contributed by atoms with Crippen LogP contribution < -0.4 is 5.73 Å². The van der Waals surface area contributed by atoms with E-state index in [1.165, 1.54) is 0 Å². The van der Waals surface area contributed by atoms with Crippen LogP contribution in [-0.4, -0.2) is 17.8 Å². The Morgan fingerprint density at radius 1 is 1.53 bits per heavy atom. The highest BCUT2D eigenvalue weighted by atomic mass is 32.2. The number of ether oxygens (including phenoxy) is 1. The molecule has 1 rings (SSSR count). The van der Waals surface area contributed by atoms with E-state index in [0.717, 1.165) is 16.1 Å². The van der Waals surface area contributed by atoms with Crippen molar-refractivity contribution < 1.29 is 9.53 Å². The van der Waals surface area contributed by atoms with Crippen LogP contribution in [0.3, 0.4) is 0 Å². The Labute approximate surface area is 107 Å². The van der Waals surface area contributed by atoms with Crippen molar-refractivity contribution in [1.82, 2.24) is 0 Å². The molecule has 2 N–H and O–H groups in total. The molecule has 0 amide bonds. The quantitative estimate of drug-likeness (QED) is 0.498. The van der Waals surface area contributed by atoms with Crippen molar-refractivity contribution in [2.75, 3.05) is 12.3 Å². The van der Waals surface area contributed by atoms with Gasteiger partial charge in [-0.25, -0.2) is 0 Å². The largest absolute Gasteiger partial charge is 0.466 e. The molecular weight excluding hydrogens is 234 g/mol. The smallest absolute Gasteiger partial charge is 0.306 e. The van der Waals surface area contributed by atoms with Crippen molar-refractivity contribution in [3.8, 4) is 0 Å². The predicted molar refractivity (Wildman–Crippen MR) is 72.2 cm³/mol. The normalized spacial score (nSPS) is 12.2. The van der Waals surface area contributed by atoms with Gasteiger partial charge in [0.2, 0.25) is 0 Å². The molecule has 0 heterocycles. The summed E-state index contributed by atoms with van der Waals surface area (Å²) in [4.78, 5) is 12.3. The first-order valence-electron chi connectivity index (χ1n) is 5.71. The number of rotatable bonds is 5. The van der Waals surface area contributed by atoms with E-state index in [-0.39, 0.29) is 11.2 Å². The minimum absolute atomic E-state index is 0.154. The maximum Gasteiger partial charge on any atom is 0.306 e. The first kappa shape index (κ1) is 13.9. The molecule has 1 unspecified atom stereocenters. The molecule has 0 bridgehead atoms. The number of thioether (sulfide) groups is 1. The first-order chi connectivity index (χ1) is 8.02. The minimum Gasteiger partial charge on any atom is -0.466 e. The molecule has 0 saturated carbocycles. The van der Waals surface area contributed by atoms with Gasteiger partial charge in [0.1, 0.15) is 0 Å². The van der Waals surface area contributed by atoms with Crippen LogP contribution in [0.1, 0.15) is 25.8 Å². The standard InChI is InChI=1S/C13H19NO2S/c1-4-16-13(15)8-10(3)17-12-6-5-9(2)7-11(12)14/h5-7,10H,4,8,14H2,1-3H3. The highest BCUT2D eigenvalue weighted by molar-refractivity contribution is 8.00. The summed E-state index contributed by atoms with van der Waals surface area (Å²) in [6, 6.07) is 5.96. The average Bonchev–Trinajstić information content (AvgIpc) is 2.22. The molecule has 4 heteroatoms. The van der Waals surface area contributed by atoms with Crippen LogP contribution in [0.4, 0.5) is 5.69 Å². The number of nitrogens with two attached hydrogens (primary N) is 1. The fourth-order valence-electron chi connectivity index (χ4n) is 1.49. The van der Waals surface area contributed by atoms with Crippen LogP contribution in [0.5, 0.6) is 0 Å². The van der Waals surface area contributed by atoms with E-state index in [1.807, 2.05) is 39.0 Å². The molecule has 94 valence electrons. The van der Waals surface area contributed by atoms with Crippen molar-refractivity contribution in [1.29, 1.82) is 0 Å². The Kier molecular flexibility index (Phi) is 5.35. The second kappa shape index (κ2) is 6.55. The summed E-state index contributed by atoms with van der Waals surface area (Å²) in [5, 5.41) is 0.166. The van der Waals surface area contributed by atoms with Crippen LogP contribution in [-0.2, 0) is 9.53 Å². The molecule has 3 nitrogen and oxygen atoms in total. The summed E-state index contributed by atoms with van der Waals surface area (Å²) in [5.41, 5.74) is 7.83. The van der Waals surface area contributed by atoms with Gasteiger partial charge in [-0.05, 0) is 31.5 Å². The Hall–Kier alpha value is -1.16. The number of hydrogen-bond acceptors (Lipinski definition) is 4. The maximum atomic E-state index is 11.3.